The first-order chi connectivity index (χ1) is 19.8. The molecule has 2 aromatic carbocycles. The quantitative estimate of drug-likeness (QED) is 0.346. The number of hydrogen-bond acceptors (Lipinski definition) is 6. The van der Waals surface area contributed by atoms with E-state index >= 15 is 0 Å². The van der Waals surface area contributed by atoms with Crippen molar-refractivity contribution in [3.63, 3.8) is 0 Å². The van der Waals surface area contributed by atoms with Crippen LogP contribution in [0.25, 0.3) is 5.69 Å². The number of aliphatic imine (C=N–C) groups is 2. The fraction of sp³-hybridized carbons (Fsp3) is 0.207. The molecule has 1 aromatic heterocycles. The van der Waals surface area contributed by atoms with Crippen molar-refractivity contribution in [2.45, 2.75) is 26.6 Å². The molecular weight excluding hydrogens is 575 g/mol. The predicted molar refractivity (Wildman–Crippen MR) is 152 cm³/mol. The highest BCUT2D eigenvalue weighted by Gasteiger charge is 2.39. The molecule has 0 fully saturated rings. The molecule has 0 bridgehead atoms. The number of amidine groups is 1. The molecule has 2 heterocycles. The predicted octanol–water partition coefficient (Wildman–Crippen LogP) is 6.23. The zero-order chi connectivity index (χ0) is 30.6. The van der Waals surface area contributed by atoms with Gasteiger partial charge in [0.25, 0.3) is 5.91 Å². The first kappa shape index (κ1) is 30.3. The first-order valence-corrected chi connectivity index (χ1v) is 12.9. The van der Waals surface area contributed by atoms with Gasteiger partial charge >= 0.3 is 12.1 Å². The molecule has 0 saturated heterocycles. The van der Waals surface area contributed by atoms with Crippen LogP contribution in [0.15, 0.2) is 82.4 Å². The molecule has 1 aliphatic heterocycles. The summed E-state index contributed by atoms with van der Waals surface area (Å²) in [6.07, 6.45) is 0.390. The van der Waals surface area contributed by atoms with Crippen molar-refractivity contribution in [1.82, 2.24) is 14.7 Å². The Morgan fingerprint density at radius 3 is 2.48 bits per heavy atom. The number of benzene rings is 2. The molecule has 1 aliphatic rings. The summed E-state index contributed by atoms with van der Waals surface area (Å²) in [5.41, 5.74) is 0.182. The van der Waals surface area contributed by atoms with E-state index in [-0.39, 0.29) is 28.3 Å². The fourth-order valence-corrected chi connectivity index (χ4v) is 4.28. The van der Waals surface area contributed by atoms with Gasteiger partial charge < -0.3 is 14.7 Å². The molecule has 0 radical (unpaired) electrons. The number of carbonyl (C=O) groups is 2. The Balaban J connectivity index is 1.66. The van der Waals surface area contributed by atoms with Crippen LogP contribution in [0.3, 0.4) is 0 Å². The molecule has 0 spiro atoms. The molecule has 0 unspecified atom stereocenters. The van der Waals surface area contributed by atoms with Gasteiger partial charge in [0.15, 0.2) is 5.69 Å². The molecule has 13 heteroatoms. The van der Waals surface area contributed by atoms with Gasteiger partial charge in [0, 0.05) is 24.0 Å². The van der Waals surface area contributed by atoms with Gasteiger partial charge in [-0.15, -0.1) is 0 Å². The zero-order valence-corrected chi connectivity index (χ0v) is 23.4. The largest absolute Gasteiger partial charge is 0.487 e. The Hall–Kier alpha value is -4.71. The van der Waals surface area contributed by atoms with Crippen LogP contribution in [0, 0.1) is 0 Å². The monoisotopic (exact) mass is 599 g/mol. The molecule has 3 aromatic rings. The minimum Gasteiger partial charge on any atom is -0.487 e. The smallest absolute Gasteiger partial charge is 0.436 e. The number of carboxylic acids is 1. The van der Waals surface area contributed by atoms with Gasteiger partial charge in [0.2, 0.25) is 0 Å². The molecule has 0 atom stereocenters. The Morgan fingerprint density at radius 1 is 1.10 bits per heavy atom. The highest BCUT2D eigenvalue weighted by atomic mass is 35.5. The van der Waals surface area contributed by atoms with Gasteiger partial charge in [-0.3, -0.25) is 9.79 Å². The summed E-state index contributed by atoms with van der Waals surface area (Å²) in [4.78, 5) is 34.6. The average Bonchev–Trinajstić information content (AvgIpc) is 3.32. The lowest BCUT2D eigenvalue weighted by Crippen LogP contribution is -2.26. The van der Waals surface area contributed by atoms with E-state index in [2.05, 4.69) is 15.1 Å². The molecule has 0 aliphatic carbocycles. The van der Waals surface area contributed by atoms with Crippen LogP contribution in [0.4, 0.5) is 13.2 Å². The summed E-state index contributed by atoms with van der Waals surface area (Å²) in [5, 5.41) is 12.1. The van der Waals surface area contributed by atoms with Crippen LogP contribution in [-0.4, -0.2) is 56.8 Å². The normalized spacial score (nSPS) is 15.7. The number of alkyl halides is 3. The number of allylic oxidation sites excluding steroid dienone is 2. The molecule has 4 rings (SSSR count). The van der Waals surface area contributed by atoms with Crippen LogP contribution in [0.1, 0.15) is 46.0 Å². The number of amides is 1. The van der Waals surface area contributed by atoms with E-state index in [0.29, 0.717) is 23.8 Å². The third kappa shape index (κ3) is 6.95. The van der Waals surface area contributed by atoms with Crippen molar-refractivity contribution >= 4 is 35.0 Å². The fourth-order valence-electron chi connectivity index (χ4n) is 4.00. The summed E-state index contributed by atoms with van der Waals surface area (Å²) in [5.74, 6) is -0.751. The lowest BCUT2D eigenvalue weighted by molar-refractivity contribution is -0.141. The molecule has 9 nitrogen and oxygen atoms in total. The van der Waals surface area contributed by atoms with E-state index in [1.165, 1.54) is 53.4 Å². The minimum atomic E-state index is -4.86. The second kappa shape index (κ2) is 12.4. The van der Waals surface area contributed by atoms with Crippen LogP contribution in [0.2, 0.25) is 5.02 Å². The van der Waals surface area contributed by atoms with Gasteiger partial charge in [-0.25, -0.2) is 14.5 Å². The van der Waals surface area contributed by atoms with E-state index in [1.807, 2.05) is 0 Å². The van der Waals surface area contributed by atoms with E-state index < -0.39 is 35.4 Å². The van der Waals surface area contributed by atoms with E-state index in [4.69, 9.17) is 21.4 Å². The number of aromatic nitrogens is 2. The topological polar surface area (TPSA) is 109 Å². The average molecular weight is 600 g/mol. The third-order valence-corrected chi connectivity index (χ3v) is 6.54. The number of hydrogen-bond donors (Lipinski definition) is 1. The maximum Gasteiger partial charge on any atom is 0.436 e. The van der Waals surface area contributed by atoms with Crippen LogP contribution < -0.4 is 4.74 Å². The molecule has 42 heavy (non-hydrogen) atoms. The third-order valence-electron chi connectivity index (χ3n) is 6.15. The van der Waals surface area contributed by atoms with Crippen molar-refractivity contribution in [2.24, 2.45) is 9.98 Å². The lowest BCUT2D eigenvalue weighted by Gasteiger charge is -2.19. The Bertz CT molecular complexity index is 1640. The van der Waals surface area contributed by atoms with Gasteiger partial charge in [-0.1, -0.05) is 17.7 Å². The number of aromatic carboxylic acids is 1. The van der Waals surface area contributed by atoms with E-state index in [9.17, 15) is 22.8 Å². The zero-order valence-electron chi connectivity index (χ0n) is 22.7. The molecule has 1 N–H and O–H groups in total. The maximum atomic E-state index is 13.8. The van der Waals surface area contributed by atoms with Crippen LogP contribution >= 0.6 is 11.6 Å². The summed E-state index contributed by atoms with van der Waals surface area (Å²) in [6, 6.07) is 11.3. The second-order valence-electron chi connectivity index (χ2n) is 9.15. The molecular formula is C29H25ClF3N5O4. The number of carboxylic acid groups (broad SMARTS) is 1. The van der Waals surface area contributed by atoms with E-state index in [1.54, 1.807) is 39.1 Å². The second-order valence-corrected chi connectivity index (χ2v) is 9.53. The Morgan fingerprint density at radius 2 is 1.81 bits per heavy atom. The number of carbonyl (C=O) groups excluding carboxylic acids is 1. The van der Waals surface area contributed by atoms with E-state index in [0.717, 1.165) is 4.68 Å². The number of halogens is 4. The van der Waals surface area contributed by atoms with Gasteiger partial charge in [0.1, 0.15) is 23.9 Å². The summed E-state index contributed by atoms with van der Waals surface area (Å²) in [7, 11) is 1.58. The van der Waals surface area contributed by atoms with Crippen molar-refractivity contribution in [3.05, 3.63) is 100.0 Å². The number of ether oxygens (including phenoxy) is 1. The highest BCUT2D eigenvalue weighted by molar-refractivity contribution is 6.32. The summed E-state index contributed by atoms with van der Waals surface area (Å²) >= 11 is 6.14. The SMILES string of the molecule is CC1=NC(C)=NC/C=C(N(C)C(=O)c2cccc(-n3nc(C(F)(F)F)c(Cl)c3COc3ccc(C(=O)O)cc3)c2)\C=C\1. The standard InChI is InChI=1S/C29H25ClF3N5O4/c1-17-7-10-21(13-14-34-18(2)35-17)37(3)27(39)20-5-4-6-22(15-20)38-24(25(30)26(36-38)29(31,32)33)16-42-23-11-8-19(9-12-23)28(40)41/h4-13,15H,14,16H2,1-3H3,(H,40,41)/b10-7+,21-13+,34-18?,35-17?. The number of nitrogens with zero attached hydrogens (tertiary/aromatic N) is 5. The van der Waals surface area contributed by atoms with Crippen LogP contribution in [0.5, 0.6) is 5.75 Å². The molecule has 218 valence electrons. The summed E-state index contributed by atoms with van der Waals surface area (Å²) in [6.45, 7) is 3.45. The molecule has 1 amide bonds. The van der Waals surface area contributed by atoms with Gasteiger partial charge in [-0.05, 0) is 74.5 Å². The molecule has 0 saturated carbocycles. The van der Waals surface area contributed by atoms with Gasteiger partial charge in [0.05, 0.1) is 22.8 Å². The number of rotatable bonds is 7. The first-order valence-electron chi connectivity index (χ1n) is 12.5. The highest BCUT2D eigenvalue weighted by Crippen LogP contribution is 2.37. The lowest BCUT2D eigenvalue weighted by atomic mass is 10.1. The van der Waals surface area contributed by atoms with Crippen molar-refractivity contribution in [2.75, 3.05) is 13.6 Å². The summed E-state index contributed by atoms with van der Waals surface area (Å²) < 4.78 is 47.9. The van der Waals surface area contributed by atoms with Crippen molar-refractivity contribution in [3.8, 4) is 11.4 Å². The Kier molecular flexibility index (Phi) is 8.96. The van der Waals surface area contributed by atoms with Crippen LogP contribution in [-0.2, 0) is 12.8 Å². The van der Waals surface area contributed by atoms with Crippen molar-refractivity contribution in [1.29, 1.82) is 0 Å². The number of likely N-dealkylation sites (N-methyl/N-ethyl adjacent to an activating group) is 1. The Labute approximate surface area is 243 Å². The van der Waals surface area contributed by atoms with Gasteiger partial charge in [-0.2, -0.15) is 18.3 Å². The maximum absolute atomic E-state index is 13.8. The minimum absolute atomic E-state index is 0.0172. The van der Waals surface area contributed by atoms with Crippen molar-refractivity contribution < 1.29 is 32.6 Å².